The summed E-state index contributed by atoms with van der Waals surface area (Å²) >= 11 is 0. The average Bonchev–Trinajstić information content (AvgIpc) is 2.47. The van der Waals surface area contributed by atoms with Crippen LogP contribution in [0.25, 0.3) is 0 Å². The molecule has 1 aromatic rings. The molecule has 0 spiro atoms. The molecule has 1 N–H and O–H groups in total. The maximum absolute atomic E-state index is 12.2. The van der Waals surface area contributed by atoms with E-state index in [1.165, 1.54) is 6.20 Å². The smallest absolute Gasteiger partial charge is 0.383 e. The summed E-state index contributed by atoms with van der Waals surface area (Å²) < 4.78 is 36.5. The fourth-order valence-electron chi connectivity index (χ4n) is 1.35. The number of pyridine rings is 1. The minimum Gasteiger partial charge on any atom is -0.383 e. The zero-order valence-corrected chi connectivity index (χ0v) is 6.65. The molecule has 2 nitrogen and oxygen atoms in total. The number of nitrogens with one attached hydrogen (secondary N) is 1. The normalized spacial score (nSPS) is 15.3. The Labute approximate surface area is 72.8 Å². The Morgan fingerprint density at radius 2 is 2.15 bits per heavy atom. The number of aromatic nitrogens is 1. The lowest BCUT2D eigenvalue weighted by Crippen LogP contribution is -2.08. The lowest BCUT2D eigenvalue weighted by molar-refractivity contribution is -0.141. The van der Waals surface area contributed by atoms with Gasteiger partial charge >= 0.3 is 6.18 Å². The molecule has 0 amide bonds. The molecule has 0 aromatic carbocycles. The van der Waals surface area contributed by atoms with Crippen LogP contribution >= 0.6 is 0 Å². The Hall–Kier alpha value is -1.26. The lowest BCUT2D eigenvalue weighted by atomic mass is 10.2. The second kappa shape index (κ2) is 2.61. The standard InChI is InChI=1S/C8H7F3N2/c9-8(10,11)7-3-5-1-2-12-6(5)4-13-7/h3-4,12H,1-2H2. The molecular weight excluding hydrogens is 181 g/mol. The molecule has 1 aliphatic rings. The van der Waals surface area contributed by atoms with Gasteiger partial charge in [0.1, 0.15) is 5.69 Å². The minimum absolute atomic E-state index is 0.640. The van der Waals surface area contributed by atoms with Gasteiger partial charge in [-0.3, -0.25) is 0 Å². The third kappa shape index (κ3) is 1.46. The van der Waals surface area contributed by atoms with Gasteiger partial charge in [0.2, 0.25) is 0 Å². The molecule has 0 saturated heterocycles. The highest BCUT2D eigenvalue weighted by Gasteiger charge is 2.33. The number of nitrogens with zero attached hydrogens (tertiary/aromatic N) is 1. The number of halogens is 3. The first-order chi connectivity index (χ1) is 6.07. The average molecular weight is 188 g/mol. The van der Waals surface area contributed by atoms with E-state index in [2.05, 4.69) is 10.3 Å². The predicted molar refractivity (Wildman–Crippen MR) is 41.4 cm³/mol. The van der Waals surface area contributed by atoms with Gasteiger partial charge in [-0.2, -0.15) is 13.2 Å². The summed E-state index contributed by atoms with van der Waals surface area (Å²) in [5.41, 5.74) is 0.602. The maximum atomic E-state index is 12.2. The van der Waals surface area contributed by atoms with Crippen LogP contribution in [0.4, 0.5) is 18.9 Å². The van der Waals surface area contributed by atoms with Gasteiger partial charge in [-0.05, 0) is 18.1 Å². The monoisotopic (exact) mass is 188 g/mol. The van der Waals surface area contributed by atoms with Gasteiger partial charge < -0.3 is 5.32 Å². The highest BCUT2D eigenvalue weighted by Crippen LogP contribution is 2.31. The van der Waals surface area contributed by atoms with Crippen LogP contribution in [-0.2, 0) is 12.6 Å². The Morgan fingerprint density at radius 1 is 1.38 bits per heavy atom. The van der Waals surface area contributed by atoms with Crippen LogP contribution in [0.3, 0.4) is 0 Å². The van der Waals surface area contributed by atoms with Crippen molar-refractivity contribution < 1.29 is 13.2 Å². The summed E-state index contributed by atoms with van der Waals surface area (Å²) in [5, 5.41) is 2.95. The van der Waals surface area contributed by atoms with Gasteiger partial charge in [0, 0.05) is 6.54 Å². The quantitative estimate of drug-likeness (QED) is 0.674. The third-order valence-electron chi connectivity index (χ3n) is 1.99. The second-order valence-corrected chi connectivity index (χ2v) is 2.90. The molecule has 1 aromatic heterocycles. The fourth-order valence-corrected chi connectivity index (χ4v) is 1.35. The van der Waals surface area contributed by atoms with Crippen LogP contribution in [-0.4, -0.2) is 11.5 Å². The first-order valence-electron chi connectivity index (χ1n) is 3.87. The largest absolute Gasteiger partial charge is 0.433 e. The number of hydrogen-bond donors (Lipinski definition) is 1. The molecule has 0 unspecified atom stereocenters. The van der Waals surface area contributed by atoms with Crippen molar-refractivity contribution >= 4 is 5.69 Å². The minimum atomic E-state index is -4.34. The predicted octanol–water partition coefficient (Wildman–Crippen LogP) is 2.07. The van der Waals surface area contributed by atoms with Gasteiger partial charge in [0.15, 0.2) is 0 Å². The summed E-state index contributed by atoms with van der Waals surface area (Å²) in [6, 6.07) is 1.11. The van der Waals surface area contributed by atoms with Crippen LogP contribution < -0.4 is 5.32 Å². The van der Waals surface area contributed by atoms with E-state index >= 15 is 0 Å². The number of hydrogen-bond acceptors (Lipinski definition) is 2. The molecule has 0 radical (unpaired) electrons. The Balaban J connectivity index is 2.42. The van der Waals surface area contributed by atoms with E-state index in [0.29, 0.717) is 24.2 Å². The molecule has 2 rings (SSSR count). The van der Waals surface area contributed by atoms with Crippen LogP contribution in [0, 0.1) is 0 Å². The Morgan fingerprint density at radius 3 is 2.85 bits per heavy atom. The number of rotatable bonds is 0. The zero-order valence-electron chi connectivity index (χ0n) is 6.65. The van der Waals surface area contributed by atoms with Crippen molar-refractivity contribution in [2.24, 2.45) is 0 Å². The molecule has 0 aliphatic carbocycles. The molecule has 13 heavy (non-hydrogen) atoms. The van der Waals surface area contributed by atoms with E-state index in [4.69, 9.17) is 0 Å². The summed E-state index contributed by atoms with van der Waals surface area (Å²) in [6.07, 6.45) is -2.45. The van der Waals surface area contributed by atoms with Crippen molar-refractivity contribution in [1.29, 1.82) is 0 Å². The van der Waals surface area contributed by atoms with E-state index in [-0.39, 0.29) is 0 Å². The van der Waals surface area contributed by atoms with Crippen LogP contribution in [0.5, 0.6) is 0 Å². The van der Waals surface area contributed by atoms with Crippen molar-refractivity contribution in [3.63, 3.8) is 0 Å². The topological polar surface area (TPSA) is 24.9 Å². The molecule has 1 aliphatic heterocycles. The summed E-state index contributed by atoms with van der Waals surface area (Å²) in [6.45, 7) is 0.693. The van der Waals surface area contributed by atoms with E-state index in [0.717, 1.165) is 6.07 Å². The van der Waals surface area contributed by atoms with E-state index in [1.54, 1.807) is 0 Å². The van der Waals surface area contributed by atoms with Gasteiger partial charge in [-0.15, -0.1) is 0 Å². The maximum Gasteiger partial charge on any atom is 0.433 e. The molecule has 0 saturated carbocycles. The molecular formula is C8H7F3N2. The van der Waals surface area contributed by atoms with Crippen molar-refractivity contribution in [3.05, 3.63) is 23.5 Å². The van der Waals surface area contributed by atoms with Gasteiger partial charge in [0.05, 0.1) is 11.9 Å². The molecule has 0 bridgehead atoms. The van der Waals surface area contributed by atoms with Crippen LogP contribution in [0.1, 0.15) is 11.3 Å². The first kappa shape index (κ1) is 8.34. The number of fused-ring (bicyclic) bond motifs is 1. The zero-order chi connectivity index (χ0) is 9.47. The van der Waals surface area contributed by atoms with Crippen molar-refractivity contribution in [3.8, 4) is 0 Å². The van der Waals surface area contributed by atoms with Crippen molar-refractivity contribution in [1.82, 2.24) is 4.98 Å². The van der Waals surface area contributed by atoms with E-state index in [1.807, 2.05) is 0 Å². The third-order valence-corrected chi connectivity index (χ3v) is 1.99. The van der Waals surface area contributed by atoms with Crippen molar-refractivity contribution in [2.75, 3.05) is 11.9 Å². The highest BCUT2D eigenvalue weighted by molar-refractivity contribution is 5.54. The molecule has 2 heterocycles. The Bertz CT molecular complexity index is 333. The Kier molecular flexibility index (Phi) is 1.68. The highest BCUT2D eigenvalue weighted by atomic mass is 19.4. The van der Waals surface area contributed by atoms with Gasteiger partial charge in [-0.25, -0.2) is 4.98 Å². The molecule has 70 valence electrons. The van der Waals surface area contributed by atoms with Gasteiger partial charge in [0.25, 0.3) is 0 Å². The van der Waals surface area contributed by atoms with Crippen LogP contribution in [0.2, 0.25) is 0 Å². The van der Waals surface area contributed by atoms with Crippen LogP contribution in [0.15, 0.2) is 12.3 Å². The SMILES string of the molecule is FC(F)(F)c1cc2c(cn1)NCC2. The van der Waals surface area contributed by atoms with E-state index in [9.17, 15) is 13.2 Å². The molecule has 0 atom stereocenters. The van der Waals surface area contributed by atoms with E-state index < -0.39 is 11.9 Å². The first-order valence-corrected chi connectivity index (χ1v) is 3.87. The summed E-state index contributed by atoms with van der Waals surface area (Å²) in [4.78, 5) is 3.33. The second-order valence-electron chi connectivity index (χ2n) is 2.90. The number of alkyl halides is 3. The van der Waals surface area contributed by atoms with Crippen molar-refractivity contribution in [2.45, 2.75) is 12.6 Å². The lowest BCUT2D eigenvalue weighted by Gasteiger charge is -2.06. The van der Waals surface area contributed by atoms with Gasteiger partial charge in [-0.1, -0.05) is 0 Å². The fraction of sp³-hybridized carbons (Fsp3) is 0.375. The molecule has 0 fully saturated rings. The number of anilines is 1. The summed E-state index contributed by atoms with van der Waals surface area (Å²) in [7, 11) is 0. The molecule has 5 heteroatoms. The summed E-state index contributed by atoms with van der Waals surface area (Å²) in [5.74, 6) is 0.